The highest BCUT2D eigenvalue weighted by molar-refractivity contribution is 7.80. The van der Waals surface area contributed by atoms with Crippen LogP contribution >= 0.6 is 12.2 Å². The standard InChI is InChI=1S/C17H27NOS/c1-3-4-5-6-11-19-16-9-7-15(8-10-16)12-14(2)13-17(18)20/h7-10,14H,3-6,11-13H2,1-2H3,(H2,18,20). The van der Waals surface area contributed by atoms with E-state index in [0.29, 0.717) is 10.9 Å². The molecular formula is C17H27NOS. The molecular weight excluding hydrogens is 266 g/mol. The lowest BCUT2D eigenvalue weighted by Gasteiger charge is -2.11. The summed E-state index contributed by atoms with van der Waals surface area (Å²) in [4.78, 5) is 0.601. The second-order valence-corrected chi connectivity index (χ2v) is 6.06. The number of ether oxygens (including phenoxy) is 1. The zero-order chi connectivity index (χ0) is 14.8. The highest BCUT2D eigenvalue weighted by Gasteiger charge is 2.05. The Labute approximate surface area is 128 Å². The van der Waals surface area contributed by atoms with Crippen LogP contribution < -0.4 is 10.5 Å². The van der Waals surface area contributed by atoms with E-state index >= 15 is 0 Å². The quantitative estimate of drug-likeness (QED) is 0.509. The molecule has 1 atom stereocenters. The van der Waals surface area contributed by atoms with Gasteiger partial charge in [0.2, 0.25) is 0 Å². The van der Waals surface area contributed by atoms with E-state index in [1.54, 1.807) is 0 Å². The van der Waals surface area contributed by atoms with Crippen molar-refractivity contribution in [3.8, 4) is 5.75 Å². The molecule has 1 aromatic carbocycles. The number of hydrogen-bond donors (Lipinski definition) is 1. The van der Waals surface area contributed by atoms with Gasteiger partial charge < -0.3 is 10.5 Å². The molecule has 1 aromatic rings. The average molecular weight is 293 g/mol. The molecule has 0 saturated carbocycles. The average Bonchev–Trinajstić information content (AvgIpc) is 2.39. The summed E-state index contributed by atoms with van der Waals surface area (Å²) >= 11 is 4.94. The van der Waals surface area contributed by atoms with Crippen molar-refractivity contribution in [2.24, 2.45) is 11.7 Å². The molecule has 0 amide bonds. The van der Waals surface area contributed by atoms with Gasteiger partial charge in [0.15, 0.2) is 0 Å². The summed E-state index contributed by atoms with van der Waals surface area (Å²) in [6.07, 6.45) is 6.77. The molecule has 0 aromatic heterocycles. The van der Waals surface area contributed by atoms with Crippen LogP contribution in [0.15, 0.2) is 24.3 Å². The number of benzene rings is 1. The molecule has 0 bridgehead atoms. The SMILES string of the molecule is CCCCCCOc1ccc(CC(C)CC(N)=S)cc1. The summed E-state index contributed by atoms with van der Waals surface area (Å²) in [6.45, 7) is 5.21. The molecule has 0 aliphatic rings. The molecule has 2 nitrogen and oxygen atoms in total. The predicted octanol–water partition coefficient (Wildman–Crippen LogP) is 4.50. The van der Waals surface area contributed by atoms with Crippen LogP contribution in [0.2, 0.25) is 0 Å². The maximum atomic E-state index is 5.74. The third kappa shape index (κ3) is 7.49. The smallest absolute Gasteiger partial charge is 0.119 e. The Bertz CT molecular complexity index is 388. The van der Waals surface area contributed by atoms with Crippen molar-refractivity contribution in [2.45, 2.75) is 52.4 Å². The zero-order valence-corrected chi connectivity index (χ0v) is 13.5. The molecule has 0 heterocycles. The molecule has 2 N–H and O–H groups in total. The van der Waals surface area contributed by atoms with Gasteiger partial charge >= 0.3 is 0 Å². The summed E-state index contributed by atoms with van der Waals surface area (Å²) in [6, 6.07) is 8.39. The van der Waals surface area contributed by atoms with E-state index in [1.807, 2.05) is 0 Å². The number of nitrogens with two attached hydrogens (primary N) is 1. The number of unbranched alkanes of at least 4 members (excludes halogenated alkanes) is 3. The maximum absolute atomic E-state index is 5.74. The molecule has 0 radical (unpaired) electrons. The highest BCUT2D eigenvalue weighted by Crippen LogP contribution is 2.17. The molecule has 112 valence electrons. The Kier molecular flexibility index (Phi) is 8.28. The highest BCUT2D eigenvalue weighted by atomic mass is 32.1. The van der Waals surface area contributed by atoms with Gasteiger partial charge in [0.1, 0.15) is 5.75 Å². The second kappa shape index (κ2) is 9.76. The molecule has 0 fully saturated rings. The fourth-order valence-electron chi connectivity index (χ4n) is 2.26. The van der Waals surface area contributed by atoms with Crippen LogP contribution in [0.4, 0.5) is 0 Å². The Hall–Kier alpha value is -1.09. The summed E-state index contributed by atoms with van der Waals surface area (Å²) in [7, 11) is 0. The van der Waals surface area contributed by atoms with Crippen LogP contribution in [0.3, 0.4) is 0 Å². The topological polar surface area (TPSA) is 35.2 Å². The first-order valence-electron chi connectivity index (χ1n) is 7.62. The maximum Gasteiger partial charge on any atom is 0.119 e. The summed E-state index contributed by atoms with van der Waals surface area (Å²) in [5.41, 5.74) is 6.88. The second-order valence-electron chi connectivity index (χ2n) is 5.53. The van der Waals surface area contributed by atoms with E-state index in [1.165, 1.54) is 24.8 Å². The Morgan fingerprint density at radius 3 is 2.50 bits per heavy atom. The van der Waals surface area contributed by atoms with Crippen LogP contribution in [0.5, 0.6) is 5.75 Å². The minimum atomic E-state index is 0.494. The minimum Gasteiger partial charge on any atom is -0.494 e. The first kappa shape index (κ1) is 17.0. The van der Waals surface area contributed by atoms with Crippen molar-refractivity contribution in [1.29, 1.82) is 0 Å². The lowest BCUT2D eigenvalue weighted by molar-refractivity contribution is 0.305. The van der Waals surface area contributed by atoms with E-state index < -0.39 is 0 Å². The van der Waals surface area contributed by atoms with Crippen molar-refractivity contribution in [3.63, 3.8) is 0 Å². The molecule has 1 rings (SSSR count). The van der Waals surface area contributed by atoms with Gasteiger partial charge in [0.05, 0.1) is 11.6 Å². The fraction of sp³-hybridized carbons (Fsp3) is 0.588. The Morgan fingerprint density at radius 2 is 1.90 bits per heavy atom. The van der Waals surface area contributed by atoms with Crippen molar-refractivity contribution in [3.05, 3.63) is 29.8 Å². The summed E-state index contributed by atoms with van der Waals surface area (Å²) in [5.74, 6) is 1.46. The Morgan fingerprint density at radius 1 is 1.20 bits per heavy atom. The largest absolute Gasteiger partial charge is 0.494 e. The van der Waals surface area contributed by atoms with Gasteiger partial charge in [0, 0.05) is 6.42 Å². The van der Waals surface area contributed by atoms with Crippen LogP contribution in [0.25, 0.3) is 0 Å². The molecule has 0 aliphatic carbocycles. The van der Waals surface area contributed by atoms with E-state index in [0.717, 1.165) is 31.6 Å². The molecule has 20 heavy (non-hydrogen) atoms. The minimum absolute atomic E-state index is 0.494. The lowest BCUT2D eigenvalue weighted by atomic mass is 9.98. The van der Waals surface area contributed by atoms with Crippen molar-refractivity contribution >= 4 is 17.2 Å². The summed E-state index contributed by atoms with van der Waals surface area (Å²) < 4.78 is 5.74. The monoisotopic (exact) mass is 293 g/mol. The molecule has 0 aliphatic heterocycles. The van der Waals surface area contributed by atoms with Gasteiger partial charge in [-0.3, -0.25) is 0 Å². The van der Waals surface area contributed by atoms with Gasteiger partial charge in [-0.25, -0.2) is 0 Å². The lowest BCUT2D eigenvalue weighted by Crippen LogP contribution is -2.13. The Balaban J connectivity index is 2.30. The van der Waals surface area contributed by atoms with Crippen molar-refractivity contribution < 1.29 is 4.74 Å². The van der Waals surface area contributed by atoms with Crippen LogP contribution in [0.1, 0.15) is 51.5 Å². The van der Waals surface area contributed by atoms with E-state index in [-0.39, 0.29) is 0 Å². The van der Waals surface area contributed by atoms with E-state index in [2.05, 4.69) is 38.1 Å². The van der Waals surface area contributed by atoms with Gasteiger partial charge in [0.25, 0.3) is 0 Å². The third-order valence-electron chi connectivity index (χ3n) is 3.32. The third-order valence-corrected chi connectivity index (χ3v) is 3.49. The molecule has 3 heteroatoms. The van der Waals surface area contributed by atoms with Crippen LogP contribution in [0, 0.1) is 5.92 Å². The molecule has 0 saturated heterocycles. The van der Waals surface area contributed by atoms with E-state index in [9.17, 15) is 0 Å². The summed E-state index contributed by atoms with van der Waals surface area (Å²) in [5, 5.41) is 0. The zero-order valence-electron chi connectivity index (χ0n) is 12.7. The fourth-order valence-corrected chi connectivity index (χ4v) is 2.54. The normalized spacial score (nSPS) is 12.1. The number of hydrogen-bond acceptors (Lipinski definition) is 2. The first-order valence-corrected chi connectivity index (χ1v) is 8.02. The van der Waals surface area contributed by atoms with Crippen LogP contribution in [-0.4, -0.2) is 11.6 Å². The van der Waals surface area contributed by atoms with Crippen molar-refractivity contribution in [1.82, 2.24) is 0 Å². The molecule has 0 spiro atoms. The molecule has 1 unspecified atom stereocenters. The van der Waals surface area contributed by atoms with Crippen molar-refractivity contribution in [2.75, 3.05) is 6.61 Å². The van der Waals surface area contributed by atoms with E-state index in [4.69, 9.17) is 22.7 Å². The number of thiocarbonyl (C=S) groups is 1. The van der Waals surface area contributed by atoms with Gasteiger partial charge in [-0.05, 0) is 36.5 Å². The van der Waals surface area contributed by atoms with Gasteiger partial charge in [-0.2, -0.15) is 0 Å². The van der Waals surface area contributed by atoms with Gasteiger partial charge in [-0.15, -0.1) is 0 Å². The van der Waals surface area contributed by atoms with Crippen LogP contribution in [-0.2, 0) is 6.42 Å². The van der Waals surface area contributed by atoms with Gasteiger partial charge in [-0.1, -0.05) is 57.5 Å². The predicted molar refractivity (Wildman–Crippen MR) is 90.3 cm³/mol. The first-order chi connectivity index (χ1) is 9.61. The number of rotatable bonds is 10.